The van der Waals surface area contributed by atoms with Gasteiger partial charge in [-0.1, -0.05) is 24.3 Å². The molecule has 144 valence electrons. The van der Waals surface area contributed by atoms with Crippen LogP contribution in [-0.4, -0.2) is 23.6 Å². The van der Waals surface area contributed by atoms with E-state index in [0.29, 0.717) is 37.4 Å². The van der Waals surface area contributed by atoms with Crippen molar-refractivity contribution in [3.63, 3.8) is 0 Å². The number of benzene rings is 2. The number of halogens is 2. The van der Waals surface area contributed by atoms with Crippen LogP contribution in [0.3, 0.4) is 0 Å². The van der Waals surface area contributed by atoms with Crippen LogP contribution in [0.4, 0.5) is 11.4 Å². The van der Waals surface area contributed by atoms with Crippen LogP contribution in [0.2, 0.25) is 0 Å². The SMILES string of the molecule is O=C(CCCCl)Nc1ccc(Cc2ccc(NC(=O)CCCCl)cc2)cc1. The van der Waals surface area contributed by atoms with E-state index in [1.165, 1.54) is 0 Å². The number of hydrogen-bond acceptors (Lipinski definition) is 2. The molecule has 2 N–H and O–H groups in total. The lowest BCUT2D eigenvalue weighted by molar-refractivity contribution is -0.117. The summed E-state index contributed by atoms with van der Waals surface area (Å²) in [6.07, 6.45) is 2.99. The first-order valence-electron chi connectivity index (χ1n) is 9.00. The number of amides is 2. The number of hydrogen-bond donors (Lipinski definition) is 2. The van der Waals surface area contributed by atoms with Gasteiger partial charge in [-0.3, -0.25) is 9.59 Å². The molecule has 0 spiro atoms. The monoisotopic (exact) mass is 406 g/mol. The van der Waals surface area contributed by atoms with Gasteiger partial charge in [0, 0.05) is 36.0 Å². The highest BCUT2D eigenvalue weighted by Crippen LogP contribution is 2.16. The lowest BCUT2D eigenvalue weighted by Crippen LogP contribution is -2.11. The van der Waals surface area contributed by atoms with Crippen molar-refractivity contribution in [3.8, 4) is 0 Å². The molecule has 0 aliphatic carbocycles. The first-order valence-corrected chi connectivity index (χ1v) is 10.1. The zero-order chi connectivity index (χ0) is 19.5. The minimum absolute atomic E-state index is 0.0212. The molecule has 0 unspecified atom stereocenters. The maximum atomic E-state index is 11.7. The second kappa shape index (κ2) is 11.6. The van der Waals surface area contributed by atoms with Gasteiger partial charge in [-0.15, -0.1) is 23.2 Å². The summed E-state index contributed by atoms with van der Waals surface area (Å²) in [7, 11) is 0. The fourth-order valence-electron chi connectivity index (χ4n) is 2.55. The molecule has 2 rings (SSSR count). The van der Waals surface area contributed by atoms with Gasteiger partial charge in [0.05, 0.1) is 0 Å². The lowest BCUT2D eigenvalue weighted by Gasteiger charge is -2.08. The molecule has 0 atom stereocenters. The first kappa shape index (κ1) is 21.3. The molecule has 0 heterocycles. The lowest BCUT2D eigenvalue weighted by atomic mass is 10.0. The van der Waals surface area contributed by atoms with Crippen LogP contribution in [0.5, 0.6) is 0 Å². The molecular formula is C21H24Cl2N2O2. The Morgan fingerprint density at radius 2 is 1.04 bits per heavy atom. The molecule has 2 aromatic carbocycles. The Bertz CT molecular complexity index is 667. The maximum absolute atomic E-state index is 11.7. The summed E-state index contributed by atoms with van der Waals surface area (Å²) in [6, 6.07) is 15.6. The van der Waals surface area contributed by atoms with Gasteiger partial charge in [-0.05, 0) is 54.7 Å². The third kappa shape index (κ3) is 8.02. The summed E-state index contributed by atoms with van der Waals surface area (Å²) in [6.45, 7) is 0. The van der Waals surface area contributed by atoms with Crippen molar-refractivity contribution >= 4 is 46.4 Å². The zero-order valence-corrected chi connectivity index (χ0v) is 16.7. The van der Waals surface area contributed by atoms with Crippen molar-refractivity contribution in [3.05, 3.63) is 59.7 Å². The van der Waals surface area contributed by atoms with Crippen LogP contribution in [0.1, 0.15) is 36.8 Å². The van der Waals surface area contributed by atoms with Gasteiger partial charge in [-0.25, -0.2) is 0 Å². The zero-order valence-electron chi connectivity index (χ0n) is 15.1. The van der Waals surface area contributed by atoms with Crippen LogP contribution < -0.4 is 10.6 Å². The van der Waals surface area contributed by atoms with Gasteiger partial charge in [0.15, 0.2) is 0 Å². The Balaban J connectivity index is 1.86. The van der Waals surface area contributed by atoms with Crippen LogP contribution in [-0.2, 0) is 16.0 Å². The van der Waals surface area contributed by atoms with Gasteiger partial charge in [0.1, 0.15) is 0 Å². The smallest absolute Gasteiger partial charge is 0.224 e. The fraction of sp³-hybridized carbons (Fsp3) is 0.333. The third-order valence-electron chi connectivity index (χ3n) is 3.96. The molecule has 6 heteroatoms. The molecule has 0 saturated heterocycles. The number of nitrogens with one attached hydrogen (secondary N) is 2. The largest absolute Gasteiger partial charge is 0.326 e. The molecule has 0 bridgehead atoms. The summed E-state index contributed by atoms with van der Waals surface area (Å²) in [5.41, 5.74) is 3.86. The number of anilines is 2. The molecule has 4 nitrogen and oxygen atoms in total. The van der Waals surface area contributed by atoms with Gasteiger partial charge in [0.25, 0.3) is 0 Å². The Morgan fingerprint density at radius 1 is 0.667 bits per heavy atom. The molecule has 0 saturated carbocycles. The van der Waals surface area contributed by atoms with E-state index in [4.69, 9.17) is 23.2 Å². The molecular weight excluding hydrogens is 383 g/mol. The van der Waals surface area contributed by atoms with Gasteiger partial charge >= 0.3 is 0 Å². The van der Waals surface area contributed by atoms with E-state index < -0.39 is 0 Å². The summed E-state index contributed by atoms with van der Waals surface area (Å²) in [5, 5.41) is 5.72. The maximum Gasteiger partial charge on any atom is 0.224 e. The summed E-state index contributed by atoms with van der Waals surface area (Å²) in [4.78, 5) is 23.4. The van der Waals surface area contributed by atoms with Crippen LogP contribution in [0, 0.1) is 0 Å². The minimum atomic E-state index is -0.0212. The highest BCUT2D eigenvalue weighted by Gasteiger charge is 2.04. The van der Waals surface area contributed by atoms with Crippen molar-refractivity contribution in [1.29, 1.82) is 0 Å². The van der Waals surface area contributed by atoms with Crippen LogP contribution in [0.15, 0.2) is 48.5 Å². The predicted octanol–water partition coefficient (Wildman–Crippen LogP) is 5.19. The van der Waals surface area contributed by atoms with Crippen molar-refractivity contribution in [2.24, 2.45) is 0 Å². The van der Waals surface area contributed by atoms with E-state index in [1.54, 1.807) is 0 Å². The summed E-state index contributed by atoms with van der Waals surface area (Å²) >= 11 is 11.2. The molecule has 0 aliphatic heterocycles. The predicted molar refractivity (Wildman–Crippen MR) is 113 cm³/mol. The minimum Gasteiger partial charge on any atom is -0.326 e. The van der Waals surface area contributed by atoms with Crippen molar-refractivity contribution in [1.82, 2.24) is 0 Å². The van der Waals surface area contributed by atoms with Gasteiger partial charge in [0.2, 0.25) is 11.8 Å². The molecule has 0 aliphatic rings. The van der Waals surface area contributed by atoms with E-state index in [1.807, 2.05) is 48.5 Å². The number of carbonyl (C=O) groups excluding carboxylic acids is 2. The molecule has 0 fully saturated rings. The standard InChI is InChI=1S/C21H24Cl2N2O2/c22-13-1-3-20(26)24-18-9-5-16(6-10-18)15-17-7-11-19(12-8-17)25-21(27)4-2-14-23/h5-12H,1-4,13-15H2,(H,24,26)(H,25,27). The average molecular weight is 407 g/mol. The summed E-state index contributed by atoms with van der Waals surface area (Å²) < 4.78 is 0. The second-order valence-electron chi connectivity index (χ2n) is 6.25. The second-order valence-corrected chi connectivity index (χ2v) is 7.01. The highest BCUT2D eigenvalue weighted by molar-refractivity contribution is 6.18. The van der Waals surface area contributed by atoms with Crippen molar-refractivity contribution in [2.45, 2.75) is 32.1 Å². The van der Waals surface area contributed by atoms with Crippen LogP contribution in [0.25, 0.3) is 0 Å². The average Bonchev–Trinajstić information content (AvgIpc) is 2.68. The van der Waals surface area contributed by atoms with E-state index in [-0.39, 0.29) is 11.8 Å². The Morgan fingerprint density at radius 3 is 1.37 bits per heavy atom. The van der Waals surface area contributed by atoms with Gasteiger partial charge < -0.3 is 10.6 Å². The Labute approximate surface area is 170 Å². The normalized spacial score (nSPS) is 10.4. The molecule has 2 aromatic rings. The molecule has 2 amide bonds. The number of rotatable bonds is 10. The summed E-state index contributed by atoms with van der Waals surface area (Å²) in [5.74, 6) is 0.934. The fourth-order valence-corrected chi connectivity index (χ4v) is 2.82. The van der Waals surface area contributed by atoms with E-state index in [0.717, 1.165) is 28.9 Å². The molecule has 0 aromatic heterocycles. The van der Waals surface area contributed by atoms with Gasteiger partial charge in [-0.2, -0.15) is 0 Å². The highest BCUT2D eigenvalue weighted by atomic mass is 35.5. The van der Waals surface area contributed by atoms with Crippen LogP contribution >= 0.6 is 23.2 Å². The Hall–Kier alpha value is -2.04. The number of alkyl halides is 2. The Kier molecular flexibility index (Phi) is 9.16. The topological polar surface area (TPSA) is 58.2 Å². The first-order chi connectivity index (χ1) is 13.1. The molecule has 27 heavy (non-hydrogen) atoms. The quantitative estimate of drug-likeness (QED) is 0.533. The molecule has 0 radical (unpaired) electrons. The van der Waals surface area contributed by atoms with E-state index in [2.05, 4.69) is 10.6 Å². The third-order valence-corrected chi connectivity index (χ3v) is 4.49. The van der Waals surface area contributed by atoms with Crippen molar-refractivity contribution in [2.75, 3.05) is 22.4 Å². The van der Waals surface area contributed by atoms with E-state index >= 15 is 0 Å². The van der Waals surface area contributed by atoms with E-state index in [9.17, 15) is 9.59 Å². The number of carbonyl (C=O) groups is 2. The van der Waals surface area contributed by atoms with Crippen molar-refractivity contribution < 1.29 is 9.59 Å².